The maximum absolute atomic E-state index is 13.3. The van der Waals surface area contributed by atoms with Gasteiger partial charge in [-0.25, -0.2) is 4.98 Å². The first kappa shape index (κ1) is 20.2. The second-order valence-corrected chi connectivity index (χ2v) is 7.52. The summed E-state index contributed by atoms with van der Waals surface area (Å²) in [5.41, 5.74) is 1.05. The highest BCUT2D eigenvalue weighted by Gasteiger charge is 2.45. The number of aromatic nitrogens is 1. The summed E-state index contributed by atoms with van der Waals surface area (Å²) in [4.78, 5) is 24.3. The lowest BCUT2D eigenvalue weighted by Crippen LogP contribution is -2.62. The molecule has 158 valence electrons. The van der Waals surface area contributed by atoms with Gasteiger partial charge < -0.3 is 25.0 Å². The Labute approximate surface area is 176 Å². The van der Waals surface area contributed by atoms with Gasteiger partial charge in [0, 0.05) is 25.4 Å². The highest BCUT2D eigenvalue weighted by molar-refractivity contribution is 6.09. The molecule has 1 aromatic heterocycles. The van der Waals surface area contributed by atoms with Crippen molar-refractivity contribution in [3.05, 3.63) is 48.2 Å². The number of aliphatic imine (C=N–C) groups is 1. The molecule has 0 saturated carbocycles. The molecule has 8 heteroatoms. The lowest BCUT2D eigenvalue weighted by molar-refractivity contribution is 0.0694. The number of hydrogen-bond acceptors (Lipinski definition) is 6. The van der Waals surface area contributed by atoms with E-state index in [4.69, 9.17) is 14.5 Å². The summed E-state index contributed by atoms with van der Waals surface area (Å²) < 4.78 is 10.5. The minimum Gasteiger partial charge on any atom is -0.497 e. The zero-order chi connectivity index (χ0) is 21.0. The van der Waals surface area contributed by atoms with E-state index in [1.165, 1.54) is 0 Å². The van der Waals surface area contributed by atoms with E-state index in [-0.39, 0.29) is 5.91 Å². The molecule has 1 saturated heterocycles. The number of benzene rings is 1. The van der Waals surface area contributed by atoms with Gasteiger partial charge in [-0.2, -0.15) is 0 Å². The first-order chi connectivity index (χ1) is 14.6. The molecule has 0 aliphatic carbocycles. The van der Waals surface area contributed by atoms with Crippen LogP contribution in [0.2, 0.25) is 0 Å². The van der Waals surface area contributed by atoms with E-state index in [0.29, 0.717) is 37.6 Å². The molecule has 30 heavy (non-hydrogen) atoms. The number of hydrogen-bond donors (Lipinski definition) is 2. The van der Waals surface area contributed by atoms with Gasteiger partial charge in [0.25, 0.3) is 5.91 Å². The number of amidine groups is 1. The lowest BCUT2D eigenvalue weighted by Gasteiger charge is -2.47. The third-order valence-corrected chi connectivity index (χ3v) is 5.53. The van der Waals surface area contributed by atoms with Crippen LogP contribution in [0.4, 0.5) is 11.5 Å². The van der Waals surface area contributed by atoms with E-state index in [2.05, 4.69) is 15.6 Å². The number of piperidine rings is 1. The summed E-state index contributed by atoms with van der Waals surface area (Å²) in [6.45, 7) is 2.28. The van der Waals surface area contributed by atoms with Gasteiger partial charge in [0.2, 0.25) is 0 Å². The summed E-state index contributed by atoms with van der Waals surface area (Å²) in [7, 11) is 3.26. The van der Waals surface area contributed by atoms with Crippen molar-refractivity contribution >= 4 is 23.2 Å². The maximum Gasteiger partial charge on any atom is 0.254 e. The second kappa shape index (κ2) is 8.71. The maximum atomic E-state index is 13.3. The Bertz CT molecular complexity index is 948. The Kier molecular flexibility index (Phi) is 5.85. The minimum atomic E-state index is -0.490. The number of nitrogens with one attached hydrogen (secondary N) is 2. The van der Waals surface area contributed by atoms with E-state index in [1.54, 1.807) is 26.5 Å². The number of nitrogens with zero attached hydrogens (tertiary/aromatic N) is 3. The largest absolute Gasteiger partial charge is 0.497 e. The van der Waals surface area contributed by atoms with E-state index in [0.717, 1.165) is 30.2 Å². The number of anilines is 2. The standard InChI is InChI=1S/C22H27N5O3/c1-29-13-11-24-21-22(26-18-8-4-10-23-19(18)25-21)9-5-12-27(15-22)20(28)16-6-3-7-17(14-16)30-2/h3-4,6-8,10,14,26H,5,9,11-13,15H2,1-2H3,(H,23,24,25)/t22-/m1/s1. The van der Waals surface area contributed by atoms with Crippen LogP contribution in [0.15, 0.2) is 47.6 Å². The van der Waals surface area contributed by atoms with Gasteiger partial charge in [-0.15, -0.1) is 0 Å². The third-order valence-electron chi connectivity index (χ3n) is 5.53. The molecule has 2 aliphatic heterocycles. The minimum absolute atomic E-state index is 0.0111. The van der Waals surface area contributed by atoms with Crippen LogP contribution in [-0.4, -0.2) is 67.6 Å². The number of carbonyl (C=O) groups is 1. The summed E-state index contributed by atoms with van der Waals surface area (Å²) >= 11 is 0. The van der Waals surface area contributed by atoms with Gasteiger partial charge in [-0.1, -0.05) is 6.07 Å². The van der Waals surface area contributed by atoms with Crippen molar-refractivity contribution in [3.8, 4) is 5.75 Å². The molecule has 1 fully saturated rings. The second-order valence-electron chi connectivity index (χ2n) is 7.52. The van der Waals surface area contributed by atoms with Crippen molar-refractivity contribution in [2.24, 2.45) is 4.99 Å². The summed E-state index contributed by atoms with van der Waals surface area (Å²) in [5.74, 6) is 2.21. The van der Waals surface area contributed by atoms with Gasteiger partial charge in [0.1, 0.15) is 17.1 Å². The van der Waals surface area contributed by atoms with Crippen molar-refractivity contribution in [3.63, 3.8) is 0 Å². The average Bonchev–Trinajstić information content (AvgIpc) is 2.79. The molecule has 2 aromatic rings. The Morgan fingerprint density at radius 3 is 3.03 bits per heavy atom. The highest BCUT2D eigenvalue weighted by Crippen LogP contribution is 2.35. The number of pyridine rings is 1. The molecule has 1 aromatic carbocycles. The van der Waals surface area contributed by atoms with E-state index >= 15 is 0 Å². The molecule has 3 heterocycles. The van der Waals surface area contributed by atoms with Crippen molar-refractivity contribution < 1.29 is 14.3 Å². The molecule has 1 spiro atoms. The topological polar surface area (TPSA) is 88.1 Å². The Balaban J connectivity index is 1.63. The fourth-order valence-electron chi connectivity index (χ4n) is 4.06. The van der Waals surface area contributed by atoms with Crippen LogP contribution in [-0.2, 0) is 4.74 Å². The number of methoxy groups -OCH3 is 2. The average molecular weight is 409 g/mol. The van der Waals surface area contributed by atoms with Crippen LogP contribution in [0.5, 0.6) is 5.75 Å². The van der Waals surface area contributed by atoms with E-state index in [1.807, 2.05) is 35.2 Å². The molecule has 0 bridgehead atoms. The van der Waals surface area contributed by atoms with Crippen LogP contribution in [0.1, 0.15) is 23.2 Å². The molecular weight excluding hydrogens is 382 g/mol. The normalized spacial score (nSPS) is 21.7. The number of rotatable bonds is 5. The number of likely N-dealkylation sites (tertiary alicyclic amines) is 1. The SMILES string of the molecule is COCCN=C1Nc2ncccc2N[C@@]12CCCN(C(=O)c1cccc(OC)c1)C2. The van der Waals surface area contributed by atoms with Crippen molar-refractivity contribution in [1.29, 1.82) is 0 Å². The van der Waals surface area contributed by atoms with Crippen LogP contribution in [0, 0.1) is 0 Å². The zero-order valence-corrected chi connectivity index (χ0v) is 17.4. The van der Waals surface area contributed by atoms with E-state index < -0.39 is 5.54 Å². The molecule has 8 nitrogen and oxygen atoms in total. The molecule has 1 atom stereocenters. The van der Waals surface area contributed by atoms with Gasteiger partial charge in [0.15, 0.2) is 5.82 Å². The van der Waals surface area contributed by atoms with E-state index in [9.17, 15) is 4.79 Å². The van der Waals surface area contributed by atoms with Crippen LogP contribution in [0.3, 0.4) is 0 Å². The Morgan fingerprint density at radius 2 is 2.20 bits per heavy atom. The molecule has 2 aliphatic rings. The first-order valence-corrected chi connectivity index (χ1v) is 10.1. The predicted octanol–water partition coefficient (Wildman–Crippen LogP) is 2.65. The molecule has 4 rings (SSSR count). The van der Waals surface area contributed by atoms with Gasteiger partial charge in [0.05, 0.1) is 32.5 Å². The molecular formula is C22H27N5O3. The zero-order valence-electron chi connectivity index (χ0n) is 17.4. The fourth-order valence-corrected chi connectivity index (χ4v) is 4.06. The Hall–Kier alpha value is -3.13. The number of carbonyl (C=O) groups excluding carboxylic acids is 1. The van der Waals surface area contributed by atoms with Crippen molar-refractivity contribution in [2.75, 3.05) is 51.1 Å². The third kappa shape index (κ3) is 3.95. The van der Waals surface area contributed by atoms with Crippen LogP contribution in [0.25, 0.3) is 0 Å². The van der Waals surface area contributed by atoms with Crippen LogP contribution < -0.4 is 15.4 Å². The Morgan fingerprint density at radius 1 is 1.30 bits per heavy atom. The number of ether oxygens (including phenoxy) is 2. The van der Waals surface area contributed by atoms with Gasteiger partial charge in [-0.05, 0) is 43.2 Å². The van der Waals surface area contributed by atoms with Crippen LogP contribution >= 0.6 is 0 Å². The summed E-state index contributed by atoms with van der Waals surface area (Å²) in [6.07, 6.45) is 3.48. The van der Waals surface area contributed by atoms with Gasteiger partial charge >= 0.3 is 0 Å². The number of amides is 1. The highest BCUT2D eigenvalue weighted by atomic mass is 16.5. The number of fused-ring (bicyclic) bond motifs is 1. The lowest BCUT2D eigenvalue weighted by atomic mass is 9.85. The van der Waals surface area contributed by atoms with Crippen molar-refractivity contribution in [2.45, 2.75) is 18.4 Å². The quantitative estimate of drug-likeness (QED) is 0.738. The monoisotopic (exact) mass is 409 g/mol. The van der Waals surface area contributed by atoms with Gasteiger partial charge in [-0.3, -0.25) is 9.79 Å². The van der Waals surface area contributed by atoms with Crippen molar-refractivity contribution in [1.82, 2.24) is 9.88 Å². The molecule has 1 amide bonds. The summed E-state index contributed by atoms with van der Waals surface area (Å²) in [5, 5.41) is 7.03. The molecule has 0 radical (unpaired) electrons. The fraction of sp³-hybridized carbons (Fsp3) is 0.409. The molecule has 2 N–H and O–H groups in total. The molecule has 0 unspecified atom stereocenters. The summed E-state index contributed by atoms with van der Waals surface area (Å²) in [6, 6.07) is 11.2. The smallest absolute Gasteiger partial charge is 0.254 e. The first-order valence-electron chi connectivity index (χ1n) is 10.1. The predicted molar refractivity (Wildman–Crippen MR) is 117 cm³/mol.